The van der Waals surface area contributed by atoms with Gasteiger partial charge in [-0.2, -0.15) is 0 Å². The van der Waals surface area contributed by atoms with Gasteiger partial charge in [0.15, 0.2) is 0 Å². The molecule has 3 N–H and O–H groups in total. The molecule has 0 bridgehead atoms. The molecule has 0 atom stereocenters. The Morgan fingerprint density at radius 3 is 2.38 bits per heavy atom. The van der Waals surface area contributed by atoms with E-state index >= 15 is 0 Å². The second kappa shape index (κ2) is 4.54. The minimum atomic E-state index is 0.574. The van der Waals surface area contributed by atoms with Gasteiger partial charge in [-0.25, -0.2) is 0 Å². The normalized spacial score (nSPS) is 11.0. The molecule has 0 amide bonds. The van der Waals surface area contributed by atoms with Gasteiger partial charge in [0.05, 0.1) is 0 Å². The van der Waals surface area contributed by atoms with E-state index in [2.05, 4.69) is 43.1 Å². The van der Waals surface area contributed by atoms with Gasteiger partial charge >= 0.3 is 0 Å². The fourth-order valence-electron chi connectivity index (χ4n) is 1.88. The van der Waals surface area contributed by atoms with Crippen LogP contribution < -0.4 is 5.73 Å². The number of nitrogens with two attached hydrogens (primary N) is 1. The van der Waals surface area contributed by atoms with Crippen LogP contribution in [0.1, 0.15) is 30.9 Å². The van der Waals surface area contributed by atoms with Crippen LogP contribution in [0.5, 0.6) is 0 Å². The molecule has 0 saturated carbocycles. The summed E-state index contributed by atoms with van der Waals surface area (Å²) >= 11 is 0. The van der Waals surface area contributed by atoms with Gasteiger partial charge in [0.25, 0.3) is 0 Å². The third kappa shape index (κ3) is 2.02. The van der Waals surface area contributed by atoms with Crippen LogP contribution in [0.15, 0.2) is 36.7 Å². The smallest absolute Gasteiger partial charge is 0.0199 e. The number of benzene rings is 1. The van der Waals surface area contributed by atoms with Crippen LogP contribution in [0, 0.1) is 0 Å². The second-order valence-corrected chi connectivity index (χ2v) is 4.38. The van der Waals surface area contributed by atoms with Crippen molar-refractivity contribution in [3.63, 3.8) is 0 Å². The third-order valence-electron chi connectivity index (χ3n) is 2.94. The molecule has 0 fully saturated rings. The summed E-state index contributed by atoms with van der Waals surface area (Å²) in [5.74, 6) is 0.578. The maximum atomic E-state index is 5.69. The lowest BCUT2D eigenvalue weighted by Crippen LogP contribution is -1.96. The third-order valence-corrected chi connectivity index (χ3v) is 2.94. The van der Waals surface area contributed by atoms with Gasteiger partial charge in [0.2, 0.25) is 0 Å². The van der Waals surface area contributed by atoms with Crippen molar-refractivity contribution < 1.29 is 0 Å². The molecule has 84 valence electrons. The average Bonchev–Trinajstić information content (AvgIpc) is 2.77. The van der Waals surface area contributed by atoms with Crippen molar-refractivity contribution in [2.24, 2.45) is 5.73 Å². The maximum Gasteiger partial charge on any atom is 0.0199 e. The van der Waals surface area contributed by atoms with Crippen molar-refractivity contribution in [1.82, 2.24) is 4.98 Å². The molecule has 0 aliphatic carbocycles. The van der Waals surface area contributed by atoms with Crippen molar-refractivity contribution in [3.8, 4) is 11.1 Å². The van der Waals surface area contributed by atoms with Gasteiger partial charge in [-0.3, -0.25) is 0 Å². The summed E-state index contributed by atoms with van der Waals surface area (Å²) in [5.41, 5.74) is 10.7. The molecule has 2 aromatic rings. The first-order valence-corrected chi connectivity index (χ1v) is 5.68. The number of aromatic amines is 1. The predicted octanol–water partition coefficient (Wildman–Crippen LogP) is 3.26. The highest BCUT2D eigenvalue weighted by Crippen LogP contribution is 2.25. The van der Waals surface area contributed by atoms with Crippen molar-refractivity contribution in [2.75, 3.05) is 0 Å². The van der Waals surface area contributed by atoms with Gasteiger partial charge in [0.1, 0.15) is 0 Å². The molecule has 0 unspecified atom stereocenters. The van der Waals surface area contributed by atoms with E-state index in [9.17, 15) is 0 Å². The SMILES string of the molecule is CC(C)c1ccc(-c2c[nH]cc2CN)cc1. The van der Waals surface area contributed by atoms with Gasteiger partial charge in [-0.15, -0.1) is 0 Å². The van der Waals surface area contributed by atoms with Crippen LogP contribution in [0.25, 0.3) is 11.1 Å². The summed E-state index contributed by atoms with van der Waals surface area (Å²) in [6.45, 7) is 4.98. The topological polar surface area (TPSA) is 41.8 Å². The Hall–Kier alpha value is -1.54. The molecule has 0 radical (unpaired) electrons. The molecule has 0 saturated heterocycles. The number of H-pyrrole nitrogens is 1. The van der Waals surface area contributed by atoms with Crippen LogP contribution >= 0.6 is 0 Å². The molecule has 2 heteroatoms. The number of nitrogens with one attached hydrogen (secondary N) is 1. The summed E-state index contributed by atoms with van der Waals surface area (Å²) in [6.07, 6.45) is 3.97. The zero-order chi connectivity index (χ0) is 11.5. The Labute approximate surface area is 96.5 Å². The molecule has 1 aromatic carbocycles. The second-order valence-electron chi connectivity index (χ2n) is 4.38. The molecule has 0 aliphatic heterocycles. The van der Waals surface area contributed by atoms with Crippen LogP contribution in [0.4, 0.5) is 0 Å². The van der Waals surface area contributed by atoms with Crippen LogP contribution in [-0.2, 0) is 6.54 Å². The van der Waals surface area contributed by atoms with E-state index in [1.165, 1.54) is 16.7 Å². The van der Waals surface area contributed by atoms with E-state index in [1.807, 2.05) is 12.4 Å². The summed E-state index contributed by atoms with van der Waals surface area (Å²) in [7, 11) is 0. The molecule has 2 nitrogen and oxygen atoms in total. The molecule has 2 rings (SSSR count). The van der Waals surface area contributed by atoms with Crippen LogP contribution in [0.2, 0.25) is 0 Å². The largest absolute Gasteiger partial charge is 0.367 e. The van der Waals surface area contributed by atoms with Crippen molar-refractivity contribution in [1.29, 1.82) is 0 Å². The summed E-state index contributed by atoms with van der Waals surface area (Å²) in [4.78, 5) is 3.11. The summed E-state index contributed by atoms with van der Waals surface area (Å²) in [6, 6.07) is 8.70. The molecule has 0 spiro atoms. The Morgan fingerprint density at radius 2 is 1.81 bits per heavy atom. The minimum Gasteiger partial charge on any atom is -0.367 e. The highest BCUT2D eigenvalue weighted by Gasteiger charge is 2.05. The summed E-state index contributed by atoms with van der Waals surface area (Å²) < 4.78 is 0. The molecular formula is C14H18N2. The van der Waals surface area contributed by atoms with E-state index in [0.29, 0.717) is 12.5 Å². The molecule has 1 heterocycles. The standard InChI is InChI=1S/C14H18N2/c1-10(2)11-3-5-12(6-4-11)14-9-16-8-13(14)7-15/h3-6,8-10,16H,7,15H2,1-2H3. The lowest BCUT2D eigenvalue weighted by molar-refractivity contribution is 0.867. The number of rotatable bonds is 3. The van der Waals surface area contributed by atoms with E-state index in [4.69, 9.17) is 5.73 Å². The highest BCUT2D eigenvalue weighted by molar-refractivity contribution is 5.67. The Kier molecular flexibility index (Phi) is 3.11. The molecule has 0 aliphatic rings. The monoisotopic (exact) mass is 214 g/mol. The average molecular weight is 214 g/mol. The fraction of sp³-hybridized carbons (Fsp3) is 0.286. The number of aromatic nitrogens is 1. The first-order valence-electron chi connectivity index (χ1n) is 5.68. The summed E-state index contributed by atoms with van der Waals surface area (Å²) in [5, 5.41) is 0. The van der Waals surface area contributed by atoms with Crippen LogP contribution in [-0.4, -0.2) is 4.98 Å². The van der Waals surface area contributed by atoms with Gasteiger partial charge in [-0.05, 0) is 22.6 Å². The lowest BCUT2D eigenvalue weighted by atomic mass is 9.98. The minimum absolute atomic E-state index is 0.574. The Bertz CT molecular complexity index is 452. The van der Waals surface area contributed by atoms with E-state index in [0.717, 1.165) is 5.56 Å². The first kappa shape index (κ1) is 11.0. The Balaban J connectivity index is 2.35. The zero-order valence-corrected chi connectivity index (χ0v) is 9.83. The number of hydrogen-bond acceptors (Lipinski definition) is 1. The Morgan fingerprint density at radius 1 is 1.12 bits per heavy atom. The van der Waals surface area contributed by atoms with Gasteiger partial charge in [0, 0.05) is 24.5 Å². The van der Waals surface area contributed by atoms with Crippen molar-refractivity contribution >= 4 is 0 Å². The van der Waals surface area contributed by atoms with E-state index in [-0.39, 0.29) is 0 Å². The van der Waals surface area contributed by atoms with Gasteiger partial charge < -0.3 is 10.7 Å². The zero-order valence-electron chi connectivity index (χ0n) is 9.83. The number of hydrogen-bond donors (Lipinski definition) is 2. The quantitative estimate of drug-likeness (QED) is 0.809. The molecule has 1 aromatic heterocycles. The highest BCUT2D eigenvalue weighted by atomic mass is 14.7. The molecular weight excluding hydrogens is 196 g/mol. The maximum absolute atomic E-state index is 5.69. The van der Waals surface area contributed by atoms with Gasteiger partial charge in [-0.1, -0.05) is 38.1 Å². The van der Waals surface area contributed by atoms with Crippen molar-refractivity contribution in [3.05, 3.63) is 47.8 Å². The fourth-order valence-corrected chi connectivity index (χ4v) is 1.88. The predicted molar refractivity (Wildman–Crippen MR) is 68.2 cm³/mol. The van der Waals surface area contributed by atoms with E-state index < -0.39 is 0 Å². The first-order chi connectivity index (χ1) is 7.72. The van der Waals surface area contributed by atoms with Crippen molar-refractivity contribution in [2.45, 2.75) is 26.3 Å². The lowest BCUT2D eigenvalue weighted by Gasteiger charge is -2.07. The molecule has 16 heavy (non-hydrogen) atoms. The van der Waals surface area contributed by atoms with Crippen LogP contribution in [0.3, 0.4) is 0 Å². The van der Waals surface area contributed by atoms with E-state index in [1.54, 1.807) is 0 Å².